The van der Waals surface area contributed by atoms with Crippen molar-refractivity contribution in [2.75, 3.05) is 0 Å². The lowest BCUT2D eigenvalue weighted by atomic mass is 9.86. The smallest absolute Gasteiger partial charge is 0.303 e. The highest BCUT2D eigenvalue weighted by Gasteiger charge is 2.43. The Labute approximate surface area is 124 Å². The van der Waals surface area contributed by atoms with Crippen LogP contribution >= 0.6 is 0 Å². The van der Waals surface area contributed by atoms with Crippen molar-refractivity contribution in [3.05, 3.63) is 35.6 Å². The normalized spacial score (nSPS) is 30.3. The van der Waals surface area contributed by atoms with Crippen molar-refractivity contribution in [2.24, 2.45) is 5.92 Å². The summed E-state index contributed by atoms with van der Waals surface area (Å²) in [4.78, 5) is 13.5. The standard InChI is InChI=1S/C17H22FNO2/c1-11(13-2-4-14(18)5-3-13)19-15-6-7-16(19)9-12(8-15)10-17(20)21/h2-5,11-12,15-16H,6-10H2,1H3,(H,20,21). The molecule has 0 aromatic heterocycles. The molecule has 0 radical (unpaired) electrons. The van der Waals surface area contributed by atoms with E-state index in [-0.39, 0.29) is 11.9 Å². The van der Waals surface area contributed by atoms with Gasteiger partial charge in [-0.25, -0.2) is 4.39 Å². The highest BCUT2D eigenvalue weighted by Crippen LogP contribution is 2.44. The average molecular weight is 291 g/mol. The molecule has 3 nitrogen and oxygen atoms in total. The van der Waals surface area contributed by atoms with Gasteiger partial charge in [0.25, 0.3) is 0 Å². The second-order valence-corrected chi connectivity index (χ2v) is 6.50. The number of carbonyl (C=O) groups is 1. The van der Waals surface area contributed by atoms with Crippen molar-refractivity contribution in [3.8, 4) is 0 Å². The minimum absolute atomic E-state index is 0.200. The molecule has 1 aromatic rings. The molecule has 21 heavy (non-hydrogen) atoms. The summed E-state index contributed by atoms with van der Waals surface area (Å²) in [6.45, 7) is 2.18. The first kappa shape index (κ1) is 14.5. The fourth-order valence-corrected chi connectivity index (χ4v) is 4.29. The van der Waals surface area contributed by atoms with Gasteiger partial charge in [-0.3, -0.25) is 9.69 Å². The zero-order valence-electron chi connectivity index (χ0n) is 12.3. The summed E-state index contributed by atoms with van der Waals surface area (Å²) in [5.41, 5.74) is 1.14. The van der Waals surface area contributed by atoms with E-state index in [0.717, 1.165) is 31.2 Å². The lowest BCUT2D eigenvalue weighted by Crippen LogP contribution is -2.44. The van der Waals surface area contributed by atoms with Gasteiger partial charge >= 0.3 is 5.97 Å². The number of hydrogen-bond acceptors (Lipinski definition) is 2. The minimum atomic E-state index is -0.681. The van der Waals surface area contributed by atoms with Crippen LogP contribution in [0, 0.1) is 11.7 Å². The molecule has 2 aliphatic heterocycles. The lowest BCUT2D eigenvalue weighted by molar-refractivity contribution is -0.138. The molecule has 2 fully saturated rings. The quantitative estimate of drug-likeness (QED) is 0.921. The summed E-state index contributed by atoms with van der Waals surface area (Å²) in [5, 5.41) is 8.99. The number of rotatable bonds is 4. The van der Waals surface area contributed by atoms with Gasteiger partial charge < -0.3 is 5.11 Å². The predicted molar refractivity (Wildman–Crippen MR) is 78.4 cm³/mol. The van der Waals surface area contributed by atoms with E-state index in [1.165, 1.54) is 12.1 Å². The summed E-state index contributed by atoms with van der Waals surface area (Å²) in [6, 6.07) is 8.00. The van der Waals surface area contributed by atoms with Crippen LogP contribution in [0.4, 0.5) is 4.39 Å². The van der Waals surface area contributed by atoms with Crippen molar-refractivity contribution >= 4 is 5.97 Å². The van der Waals surface area contributed by atoms with Gasteiger partial charge in [0.05, 0.1) is 0 Å². The van der Waals surface area contributed by atoms with E-state index in [1.807, 2.05) is 12.1 Å². The molecule has 2 bridgehead atoms. The van der Waals surface area contributed by atoms with Crippen molar-refractivity contribution in [1.82, 2.24) is 4.90 Å². The van der Waals surface area contributed by atoms with Crippen LogP contribution in [0.5, 0.6) is 0 Å². The fraction of sp³-hybridized carbons (Fsp3) is 0.588. The number of fused-ring (bicyclic) bond motifs is 2. The number of aliphatic carboxylic acids is 1. The molecule has 2 aliphatic rings. The average Bonchev–Trinajstić information content (AvgIpc) is 2.70. The third-order valence-corrected chi connectivity index (χ3v) is 5.15. The van der Waals surface area contributed by atoms with E-state index < -0.39 is 5.97 Å². The van der Waals surface area contributed by atoms with E-state index in [0.29, 0.717) is 24.4 Å². The molecule has 1 aromatic carbocycles. The van der Waals surface area contributed by atoms with Crippen molar-refractivity contribution in [1.29, 1.82) is 0 Å². The molecule has 3 rings (SSSR count). The van der Waals surface area contributed by atoms with E-state index in [9.17, 15) is 9.18 Å². The summed E-state index contributed by atoms with van der Waals surface area (Å²) in [7, 11) is 0. The zero-order chi connectivity index (χ0) is 15.0. The van der Waals surface area contributed by atoms with Crippen LogP contribution in [-0.4, -0.2) is 28.1 Å². The summed E-state index contributed by atoms with van der Waals surface area (Å²) >= 11 is 0. The highest BCUT2D eigenvalue weighted by atomic mass is 19.1. The highest BCUT2D eigenvalue weighted by molar-refractivity contribution is 5.67. The summed E-state index contributed by atoms with van der Waals surface area (Å²) in [6.07, 6.45) is 4.58. The van der Waals surface area contributed by atoms with Crippen LogP contribution in [0.25, 0.3) is 0 Å². The Morgan fingerprint density at radius 1 is 1.29 bits per heavy atom. The van der Waals surface area contributed by atoms with Gasteiger partial charge in [-0.05, 0) is 56.2 Å². The topological polar surface area (TPSA) is 40.5 Å². The van der Waals surface area contributed by atoms with Gasteiger partial charge in [0.1, 0.15) is 5.82 Å². The monoisotopic (exact) mass is 291 g/mol. The maximum absolute atomic E-state index is 13.1. The second-order valence-electron chi connectivity index (χ2n) is 6.50. The molecule has 4 heteroatoms. The molecule has 1 N–H and O–H groups in total. The number of nitrogens with zero attached hydrogens (tertiary/aromatic N) is 1. The molecular weight excluding hydrogens is 269 g/mol. The zero-order valence-corrected chi connectivity index (χ0v) is 12.3. The molecule has 3 unspecified atom stereocenters. The SMILES string of the molecule is CC(c1ccc(F)cc1)N1C2CCC1CC(CC(=O)O)C2. The third kappa shape index (κ3) is 2.95. The molecule has 2 heterocycles. The van der Waals surface area contributed by atoms with Gasteiger partial charge in [-0.15, -0.1) is 0 Å². The van der Waals surface area contributed by atoms with Gasteiger partial charge in [-0.2, -0.15) is 0 Å². The van der Waals surface area contributed by atoms with Crippen molar-refractivity contribution in [3.63, 3.8) is 0 Å². The summed E-state index contributed by atoms with van der Waals surface area (Å²) < 4.78 is 13.1. The maximum atomic E-state index is 13.1. The van der Waals surface area contributed by atoms with E-state index in [4.69, 9.17) is 5.11 Å². The van der Waals surface area contributed by atoms with Crippen LogP contribution in [0.2, 0.25) is 0 Å². The Morgan fingerprint density at radius 2 is 1.86 bits per heavy atom. The first-order chi connectivity index (χ1) is 10.0. The molecule has 3 atom stereocenters. The number of benzene rings is 1. The first-order valence-corrected chi connectivity index (χ1v) is 7.79. The Balaban J connectivity index is 1.72. The third-order valence-electron chi connectivity index (χ3n) is 5.15. The van der Waals surface area contributed by atoms with Crippen molar-refractivity contribution in [2.45, 2.75) is 57.2 Å². The van der Waals surface area contributed by atoms with Crippen LogP contribution in [0.3, 0.4) is 0 Å². The molecular formula is C17H22FNO2. The van der Waals surface area contributed by atoms with Crippen LogP contribution in [0.1, 0.15) is 50.6 Å². The number of carboxylic acids is 1. The first-order valence-electron chi connectivity index (χ1n) is 7.79. The van der Waals surface area contributed by atoms with Crippen LogP contribution in [0.15, 0.2) is 24.3 Å². The molecule has 0 saturated carbocycles. The van der Waals surface area contributed by atoms with Gasteiger partial charge in [0.15, 0.2) is 0 Å². The number of piperidine rings is 1. The van der Waals surface area contributed by atoms with Gasteiger partial charge in [0, 0.05) is 24.5 Å². The Bertz CT molecular complexity index is 502. The molecule has 0 amide bonds. The number of hydrogen-bond donors (Lipinski definition) is 1. The van der Waals surface area contributed by atoms with Crippen LogP contribution < -0.4 is 0 Å². The largest absolute Gasteiger partial charge is 0.481 e. The lowest BCUT2D eigenvalue weighted by Gasteiger charge is -2.42. The van der Waals surface area contributed by atoms with Crippen LogP contribution in [-0.2, 0) is 4.79 Å². The number of carboxylic acid groups (broad SMARTS) is 1. The summed E-state index contributed by atoms with van der Waals surface area (Å²) in [5.74, 6) is -0.565. The molecule has 114 valence electrons. The van der Waals surface area contributed by atoms with E-state index >= 15 is 0 Å². The molecule has 0 aliphatic carbocycles. The Kier molecular flexibility index (Phi) is 3.98. The van der Waals surface area contributed by atoms with Gasteiger partial charge in [0.2, 0.25) is 0 Å². The van der Waals surface area contributed by atoms with Crippen molar-refractivity contribution < 1.29 is 14.3 Å². The Morgan fingerprint density at radius 3 is 2.38 bits per heavy atom. The van der Waals surface area contributed by atoms with E-state index in [2.05, 4.69) is 11.8 Å². The minimum Gasteiger partial charge on any atom is -0.481 e. The predicted octanol–water partition coefficient (Wildman–Crippen LogP) is 3.60. The fourth-order valence-electron chi connectivity index (χ4n) is 4.29. The molecule has 0 spiro atoms. The van der Waals surface area contributed by atoms with Gasteiger partial charge in [-0.1, -0.05) is 12.1 Å². The molecule has 2 saturated heterocycles. The maximum Gasteiger partial charge on any atom is 0.303 e. The van der Waals surface area contributed by atoms with E-state index in [1.54, 1.807) is 0 Å². The second kappa shape index (κ2) is 5.76. The Hall–Kier alpha value is -1.42. The number of halogens is 1.